The maximum absolute atomic E-state index is 12.7. The second-order valence-electron chi connectivity index (χ2n) is 9.32. The van der Waals surface area contributed by atoms with E-state index in [9.17, 15) is 9.90 Å². The van der Waals surface area contributed by atoms with Gasteiger partial charge >= 0.3 is 0 Å². The predicted octanol–water partition coefficient (Wildman–Crippen LogP) is 3.66. The van der Waals surface area contributed by atoms with Gasteiger partial charge in [0.1, 0.15) is 18.5 Å². The quantitative estimate of drug-likeness (QED) is 0.875. The Kier molecular flexibility index (Phi) is 5.19. The number of benzene rings is 1. The third kappa shape index (κ3) is 3.80. The molecule has 0 radical (unpaired) electrons. The molecule has 1 unspecified atom stereocenters. The normalized spacial score (nSPS) is 21.6. The second-order valence-corrected chi connectivity index (χ2v) is 9.32. The number of aromatic nitrogens is 2. The molecule has 152 valence electrons. The molecule has 1 amide bonds. The third-order valence-corrected chi connectivity index (χ3v) is 5.86. The van der Waals surface area contributed by atoms with Crippen molar-refractivity contribution in [3.63, 3.8) is 0 Å². The van der Waals surface area contributed by atoms with Crippen molar-refractivity contribution in [3.8, 4) is 0 Å². The van der Waals surface area contributed by atoms with Gasteiger partial charge in [-0.2, -0.15) is 0 Å². The van der Waals surface area contributed by atoms with Gasteiger partial charge in [0, 0.05) is 17.5 Å². The van der Waals surface area contributed by atoms with Gasteiger partial charge in [0.25, 0.3) is 5.91 Å². The zero-order chi connectivity index (χ0) is 19.9. The highest BCUT2D eigenvalue weighted by Gasteiger charge is 2.29. The van der Waals surface area contributed by atoms with Crippen LogP contribution < -0.4 is 0 Å². The number of hydroxylamine groups is 2. The summed E-state index contributed by atoms with van der Waals surface area (Å²) < 4.78 is 2.37. The molecule has 1 saturated heterocycles. The van der Waals surface area contributed by atoms with E-state index in [2.05, 4.69) is 25.3 Å². The van der Waals surface area contributed by atoms with Gasteiger partial charge in [-0.15, -0.1) is 0 Å². The Balaban J connectivity index is 1.68. The highest BCUT2D eigenvalue weighted by atomic mass is 16.7. The van der Waals surface area contributed by atoms with Crippen molar-refractivity contribution in [1.82, 2.24) is 14.6 Å². The van der Waals surface area contributed by atoms with Gasteiger partial charge in [-0.3, -0.25) is 9.63 Å². The van der Waals surface area contributed by atoms with Gasteiger partial charge in [0.2, 0.25) is 0 Å². The molecule has 2 heterocycles. The Morgan fingerprint density at radius 1 is 1.25 bits per heavy atom. The first-order valence-electron chi connectivity index (χ1n) is 10.5. The summed E-state index contributed by atoms with van der Waals surface area (Å²) in [5.41, 5.74) is 2.42. The van der Waals surface area contributed by atoms with E-state index >= 15 is 0 Å². The number of rotatable bonds is 3. The van der Waals surface area contributed by atoms with Gasteiger partial charge in [0.15, 0.2) is 0 Å². The largest absolute Gasteiger partial charge is 0.389 e. The summed E-state index contributed by atoms with van der Waals surface area (Å²) in [4.78, 5) is 22.9. The maximum atomic E-state index is 12.7. The highest BCUT2D eigenvalue weighted by molar-refractivity contribution is 5.97. The van der Waals surface area contributed by atoms with Crippen molar-refractivity contribution in [2.45, 2.75) is 70.9 Å². The zero-order valence-corrected chi connectivity index (χ0v) is 17.1. The molecule has 0 spiro atoms. The second kappa shape index (κ2) is 7.48. The van der Waals surface area contributed by atoms with Crippen molar-refractivity contribution < 1.29 is 14.7 Å². The number of aliphatic hydroxyl groups excluding tert-OH is 1. The first-order valence-corrected chi connectivity index (χ1v) is 10.5. The van der Waals surface area contributed by atoms with E-state index < -0.39 is 6.10 Å². The number of hydrogen-bond acceptors (Lipinski definition) is 4. The molecule has 2 aliphatic rings. The summed E-state index contributed by atoms with van der Waals surface area (Å²) in [5.74, 6) is 1.55. The number of β-amino-alcohol motifs (C(OH)–C–C–N with tert-alkyl or cyclic N) is 1. The van der Waals surface area contributed by atoms with Gasteiger partial charge in [-0.1, -0.05) is 40.0 Å². The minimum atomic E-state index is -0.616. The highest BCUT2D eigenvalue weighted by Crippen LogP contribution is 2.31. The minimum absolute atomic E-state index is 0.0694. The number of aliphatic hydroxyl groups is 1. The summed E-state index contributed by atoms with van der Waals surface area (Å²) in [6.45, 7) is 7.95. The number of nitrogens with zero attached hydrogens (tertiary/aromatic N) is 3. The fourth-order valence-corrected chi connectivity index (χ4v) is 4.41. The van der Waals surface area contributed by atoms with E-state index in [4.69, 9.17) is 9.82 Å². The zero-order valence-electron chi connectivity index (χ0n) is 17.1. The fraction of sp³-hybridized carbons (Fsp3) is 0.636. The average molecular weight is 386 g/mol. The Hall–Kier alpha value is -1.92. The fourth-order valence-electron chi connectivity index (χ4n) is 4.41. The van der Waals surface area contributed by atoms with Crippen molar-refractivity contribution in [2.24, 2.45) is 5.92 Å². The Bertz CT molecular complexity index is 862. The molecular formula is C22H31N3O3. The maximum Gasteiger partial charge on any atom is 0.277 e. The van der Waals surface area contributed by atoms with Crippen molar-refractivity contribution in [1.29, 1.82) is 0 Å². The molecular weight excluding hydrogens is 354 g/mol. The minimum Gasteiger partial charge on any atom is -0.389 e. The molecule has 28 heavy (non-hydrogen) atoms. The van der Waals surface area contributed by atoms with Crippen LogP contribution in [0.4, 0.5) is 0 Å². The van der Waals surface area contributed by atoms with Crippen LogP contribution in [0.2, 0.25) is 0 Å². The molecule has 1 saturated carbocycles. The lowest BCUT2D eigenvalue weighted by Crippen LogP contribution is -2.28. The number of amides is 1. The van der Waals surface area contributed by atoms with Crippen molar-refractivity contribution in [3.05, 3.63) is 29.6 Å². The van der Waals surface area contributed by atoms with Crippen LogP contribution in [-0.2, 0) is 16.8 Å². The van der Waals surface area contributed by atoms with E-state index in [1.54, 1.807) is 0 Å². The molecule has 1 N–H and O–H groups in total. The van der Waals surface area contributed by atoms with E-state index in [-0.39, 0.29) is 24.5 Å². The molecule has 6 heteroatoms. The van der Waals surface area contributed by atoms with Gasteiger partial charge in [-0.25, -0.2) is 10.0 Å². The molecule has 1 aliphatic carbocycles. The smallest absolute Gasteiger partial charge is 0.277 e. The first kappa shape index (κ1) is 19.4. The van der Waals surface area contributed by atoms with Crippen LogP contribution in [0.25, 0.3) is 11.0 Å². The molecule has 2 fully saturated rings. The lowest BCUT2D eigenvalue weighted by atomic mass is 9.88. The molecule has 1 aliphatic heterocycles. The van der Waals surface area contributed by atoms with E-state index in [1.165, 1.54) is 37.2 Å². The number of imidazole rings is 1. The number of hydrogen-bond donors (Lipinski definition) is 1. The van der Waals surface area contributed by atoms with Gasteiger partial charge < -0.3 is 9.67 Å². The summed E-state index contributed by atoms with van der Waals surface area (Å²) in [5, 5.41) is 10.9. The van der Waals surface area contributed by atoms with Crippen molar-refractivity contribution >= 4 is 16.9 Å². The van der Waals surface area contributed by atoms with Gasteiger partial charge in [-0.05, 0) is 37.0 Å². The third-order valence-electron chi connectivity index (χ3n) is 5.86. The van der Waals surface area contributed by atoms with Crippen LogP contribution in [0.15, 0.2) is 18.2 Å². The van der Waals surface area contributed by atoms with E-state index in [1.807, 2.05) is 18.2 Å². The SMILES string of the molecule is CC(C)(C)c1nc2cc(C(=O)N3CC(O)CO3)ccc2n1CC1CCCCC1. The van der Waals surface area contributed by atoms with Crippen LogP contribution in [0.5, 0.6) is 0 Å². The number of carbonyl (C=O) groups is 1. The van der Waals surface area contributed by atoms with Crippen LogP contribution >= 0.6 is 0 Å². The molecule has 1 aromatic carbocycles. The lowest BCUT2D eigenvalue weighted by molar-refractivity contribution is -0.0779. The predicted molar refractivity (Wildman–Crippen MR) is 108 cm³/mol. The Morgan fingerprint density at radius 2 is 2.00 bits per heavy atom. The summed E-state index contributed by atoms with van der Waals surface area (Å²) in [7, 11) is 0. The Morgan fingerprint density at radius 3 is 2.64 bits per heavy atom. The molecule has 0 bridgehead atoms. The summed E-state index contributed by atoms with van der Waals surface area (Å²) in [6.07, 6.45) is 5.95. The standard InChI is InChI=1S/C22H31N3O3/c1-22(2,3)21-23-18-11-16(20(27)25-13-17(26)14-28-25)9-10-19(18)24(21)12-15-7-5-4-6-8-15/h9-11,15,17,26H,4-8,12-14H2,1-3H3. The lowest BCUT2D eigenvalue weighted by Gasteiger charge is -2.26. The monoisotopic (exact) mass is 385 g/mol. The topological polar surface area (TPSA) is 67.6 Å². The van der Waals surface area contributed by atoms with Crippen LogP contribution in [0.1, 0.15) is 69.1 Å². The van der Waals surface area contributed by atoms with Crippen molar-refractivity contribution in [2.75, 3.05) is 13.2 Å². The van der Waals surface area contributed by atoms with Gasteiger partial charge in [0.05, 0.1) is 17.6 Å². The summed E-state index contributed by atoms with van der Waals surface area (Å²) in [6, 6.07) is 5.72. The van der Waals surface area contributed by atoms with Crippen LogP contribution in [0, 0.1) is 5.92 Å². The van der Waals surface area contributed by atoms with Crippen LogP contribution in [0.3, 0.4) is 0 Å². The first-order chi connectivity index (χ1) is 13.3. The van der Waals surface area contributed by atoms with E-state index in [0.29, 0.717) is 11.5 Å². The number of carbonyl (C=O) groups excluding carboxylic acids is 1. The number of fused-ring (bicyclic) bond motifs is 1. The molecule has 6 nitrogen and oxygen atoms in total. The van der Waals surface area contributed by atoms with E-state index in [0.717, 1.165) is 23.4 Å². The Labute approximate surface area is 166 Å². The summed E-state index contributed by atoms with van der Waals surface area (Å²) >= 11 is 0. The van der Waals surface area contributed by atoms with Crippen LogP contribution in [-0.4, -0.2) is 44.9 Å². The molecule has 1 atom stereocenters. The molecule has 4 rings (SSSR count). The molecule has 1 aromatic heterocycles. The molecule has 2 aromatic rings. The average Bonchev–Trinajstić information content (AvgIpc) is 3.25.